The second-order valence-electron chi connectivity index (χ2n) is 3.73. The third kappa shape index (κ3) is 2.86. The molecule has 3 heteroatoms. The lowest BCUT2D eigenvalue weighted by molar-refractivity contribution is 0.551. The van der Waals surface area contributed by atoms with E-state index in [-0.39, 0.29) is 0 Å². The molecule has 0 bridgehead atoms. The lowest BCUT2D eigenvalue weighted by Crippen LogP contribution is -2.18. The van der Waals surface area contributed by atoms with E-state index in [2.05, 4.69) is 52.2 Å². The molecule has 2 nitrogen and oxygen atoms in total. The van der Waals surface area contributed by atoms with E-state index in [1.165, 1.54) is 14.7 Å². The fourth-order valence-electron chi connectivity index (χ4n) is 1.73. The Labute approximate surface area is 109 Å². The van der Waals surface area contributed by atoms with Gasteiger partial charge in [-0.3, -0.25) is 0 Å². The number of benzene rings is 1. The molecule has 84 valence electrons. The van der Waals surface area contributed by atoms with Crippen LogP contribution in [-0.4, -0.2) is 7.05 Å². The summed E-state index contributed by atoms with van der Waals surface area (Å²) in [6.45, 7) is 0. The first-order valence-electron chi connectivity index (χ1n) is 5.23. The van der Waals surface area contributed by atoms with Gasteiger partial charge in [0.2, 0.25) is 0 Å². The highest BCUT2D eigenvalue weighted by atomic mass is 127. The van der Waals surface area contributed by atoms with Gasteiger partial charge in [0.15, 0.2) is 0 Å². The minimum atomic E-state index is 0.342. The highest BCUT2D eigenvalue weighted by Gasteiger charge is 2.10. The molecule has 2 rings (SSSR count). The van der Waals surface area contributed by atoms with E-state index >= 15 is 0 Å². The van der Waals surface area contributed by atoms with E-state index in [0.29, 0.717) is 6.04 Å². The fourth-order valence-corrected chi connectivity index (χ4v) is 2.09. The first-order chi connectivity index (χ1) is 7.79. The molecule has 1 unspecified atom stereocenters. The van der Waals surface area contributed by atoms with Crippen LogP contribution in [0.15, 0.2) is 47.3 Å². The lowest BCUT2D eigenvalue weighted by Gasteiger charge is -2.15. The molecule has 0 spiro atoms. The average Bonchev–Trinajstić information content (AvgIpc) is 2.80. The summed E-state index contributed by atoms with van der Waals surface area (Å²) in [5, 5.41) is 3.33. The van der Waals surface area contributed by atoms with Crippen molar-refractivity contribution in [3.05, 3.63) is 57.6 Å². The second kappa shape index (κ2) is 5.50. The van der Waals surface area contributed by atoms with Crippen molar-refractivity contribution >= 4 is 22.6 Å². The third-order valence-electron chi connectivity index (χ3n) is 2.64. The maximum Gasteiger partial charge on any atom is 0.0935 e. The quantitative estimate of drug-likeness (QED) is 0.871. The van der Waals surface area contributed by atoms with Crippen molar-refractivity contribution in [1.29, 1.82) is 0 Å². The molecule has 2 aromatic rings. The summed E-state index contributed by atoms with van der Waals surface area (Å²) in [7, 11) is 1.99. The minimum absolute atomic E-state index is 0.342. The number of likely N-dealkylation sites (N-methyl/N-ethyl adjacent to an activating group) is 1. The average molecular weight is 327 g/mol. The zero-order valence-electron chi connectivity index (χ0n) is 9.11. The number of rotatable bonds is 4. The molecule has 0 radical (unpaired) electrons. The van der Waals surface area contributed by atoms with Crippen LogP contribution >= 0.6 is 22.6 Å². The summed E-state index contributed by atoms with van der Waals surface area (Å²) < 4.78 is 6.35. The number of hydrogen-bond acceptors (Lipinski definition) is 2. The zero-order valence-corrected chi connectivity index (χ0v) is 11.3. The Morgan fingerprint density at radius 2 is 2.00 bits per heavy atom. The van der Waals surface area contributed by atoms with Crippen LogP contribution in [0.3, 0.4) is 0 Å². The molecular weight excluding hydrogens is 313 g/mol. The Kier molecular flexibility index (Phi) is 4.01. The number of furan rings is 1. The van der Waals surface area contributed by atoms with Crippen molar-refractivity contribution in [2.75, 3.05) is 7.05 Å². The molecule has 1 heterocycles. The molecule has 0 aliphatic rings. The maximum absolute atomic E-state index is 5.09. The van der Waals surface area contributed by atoms with Gasteiger partial charge >= 0.3 is 0 Å². The Morgan fingerprint density at radius 3 is 2.56 bits per heavy atom. The van der Waals surface area contributed by atoms with Gasteiger partial charge in [0, 0.05) is 9.61 Å². The Balaban J connectivity index is 2.13. The molecule has 1 atom stereocenters. The van der Waals surface area contributed by atoms with Gasteiger partial charge in [0.05, 0.1) is 12.5 Å². The smallest absolute Gasteiger partial charge is 0.0935 e. The molecule has 0 saturated carbocycles. The van der Waals surface area contributed by atoms with Gasteiger partial charge in [-0.2, -0.15) is 0 Å². The van der Waals surface area contributed by atoms with Crippen LogP contribution in [-0.2, 0) is 6.42 Å². The van der Waals surface area contributed by atoms with Crippen molar-refractivity contribution in [2.45, 2.75) is 12.5 Å². The largest absolute Gasteiger partial charge is 0.472 e. The van der Waals surface area contributed by atoms with E-state index < -0.39 is 0 Å². The molecule has 0 aliphatic heterocycles. The van der Waals surface area contributed by atoms with Crippen LogP contribution in [0.2, 0.25) is 0 Å². The van der Waals surface area contributed by atoms with Crippen LogP contribution in [0.25, 0.3) is 0 Å². The van der Waals surface area contributed by atoms with Gasteiger partial charge in [-0.1, -0.05) is 12.1 Å². The van der Waals surface area contributed by atoms with Gasteiger partial charge < -0.3 is 9.73 Å². The van der Waals surface area contributed by atoms with Crippen molar-refractivity contribution in [3.8, 4) is 0 Å². The summed E-state index contributed by atoms with van der Waals surface area (Å²) in [5.74, 6) is 0. The summed E-state index contributed by atoms with van der Waals surface area (Å²) in [4.78, 5) is 0. The number of nitrogens with one attached hydrogen (secondary N) is 1. The predicted molar refractivity (Wildman–Crippen MR) is 73.4 cm³/mol. The van der Waals surface area contributed by atoms with Gasteiger partial charge in [-0.15, -0.1) is 0 Å². The zero-order chi connectivity index (χ0) is 11.4. The molecule has 0 fully saturated rings. The molecule has 1 aromatic heterocycles. The molecule has 1 aromatic carbocycles. The normalized spacial score (nSPS) is 12.6. The molecule has 0 aliphatic carbocycles. The first-order valence-corrected chi connectivity index (χ1v) is 6.31. The van der Waals surface area contributed by atoms with Crippen LogP contribution < -0.4 is 5.32 Å². The predicted octanol–water partition coefficient (Wildman–Crippen LogP) is 3.39. The summed E-state index contributed by atoms with van der Waals surface area (Å²) >= 11 is 2.32. The van der Waals surface area contributed by atoms with Crippen LogP contribution in [0.1, 0.15) is 17.2 Å². The van der Waals surface area contributed by atoms with Crippen LogP contribution in [0.5, 0.6) is 0 Å². The van der Waals surface area contributed by atoms with E-state index in [9.17, 15) is 0 Å². The van der Waals surface area contributed by atoms with Gasteiger partial charge in [-0.05, 0) is 65.4 Å². The van der Waals surface area contributed by atoms with Crippen molar-refractivity contribution in [1.82, 2.24) is 5.32 Å². The van der Waals surface area contributed by atoms with E-state index in [4.69, 9.17) is 4.42 Å². The van der Waals surface area contributed by atoms with Crippen LogP contribution in [0, 0.1) is 3.57 Å². The highest BCUT2D eigenvalue weighted by Crippen LogP contribution is 2.19. The molecule has 0 amide bonds. The first kappa shape index (κ1) is 11.7. The lowest BCUT2D eigenvalue weighted by atomic mass is 10.0. The maximum atomic E-state index is 5.09. The van der Waals surface area contributed by atoms with E-state index in [1.54, 1.807) is 12.5 Å². The number of halogens is 1. The topological polar surface area (TPSA) is 25.2 Å². The Bertz CT molecular complexity index is 422. The van der Waals surface area contributed by atoms with Gasteiger partial charge in [0.25, 0.3) is 0 Å². The van der Waals surface area contributed by atoms with Crippen LogP contribution in [0.4, 0.5) is 0 Å². The standard InChI is InChI=1S/C13H14INO/c1-15-13(8-10-6-7-16-9-10)11-2-4-12(14)5-3-11/h2-7,9,13,15H,8H2,1H3. The highest BCUT2D eigenvalue weighted by molar-refractivity contribution is 14.1. The monoisotopic (exact) mass is 327 g/mol. The fraction of sp³-hybridized carbons (Fsp3) is 0.231. The van der Waals surface area contributed by atoms with Gasteiger partial charge in [0.1, 0.15) is 0 Å². The molecular formula is C13H14INO. The second-order valence-corrected chi connectivity index (χ2v) is 4.97. The molecule has 1 N–H and O–H groups in total. The van der Waals surface area contributed by atoms with Crippen molar-refractivity contribution in [2.24, 2.45) is 0 Å². The molecule has 0 saturated heterocycles. The van der Waals surface area contributed by atoms with E-state index in [0.717, 1.165) is 6.42 Å². The molecule has 16 heavy (non-hydrogen) atoms. The summed E-state index contributed by atoms with van der Waals surface area (Å²) in [6.07, 6.45) is 4.47. The Hall–Kier alpha value is -0.810. The van der Waals surface area contributed by atoms with Crippen molar-refractivity contribution in [3.63, 3.8) is 0 Å². The van der Waals surface area contributed by atoms with Gasteiger partial charge in [-0.25, -0.2) is 0 Å². The SMILES string of the molecule is CNC(Cc1ccoc1)c1ccc(I)cc1. The Morgan fingerprint density at radius 1 is 1.25 bits per heavy atom. The van der Waals surface area contributed by atoms with Crippen molar-refractivity contribution < 1.29 is 4.42 Å². The third-order valence-corrected chi connectivity index (χ3v) is 3.36. The summed E-state index contributed by atoms with van der Waals surface area (Å²) in [6, 6.07) is 11.0. The number of hydrogen-bond donors (Lipinski definition) is 1. The summed E-state index contributed by atoms with van der Waals surface area (Å²) in [5.41, 5.74) is 2.53. The minimum Gasteiger partial charge on any atom is -0.472 e. The van der Waals surface area contributed by atoms with E-state index in [1.807, 2.05) is 13.1 Å².